The quantitative estimate of drug-likeness (QED) is 0.417. The van der Waals surface area contributed by atoms with Crippen LogP contribution in [0.5, 0.6) is 0 Å². The van der Waals surface area contributed by atoms with E-state index in [1.165, 1.54) is 6.92 Å². The van der Waals surface area contributed by atoms with E-state index < -0.39 is 41.1 Å². The van der Waals surface area contributed by atoms with E-state index in [-0.39, 0.29) is 11.0 Å². The highest BCUT2D eigenvalue weighted by Crippen LogP contribution is 2.42. The molecular weight excluding hydrogens is 506 g/mol. The molecule has 39 heavy (non-hydrogen) atoms. The number of rotatable bonds is 7. The molecule has 1 aromatic heterocycles. The number of aliphatic hydroxyl groups excluding tert-OH is 1. The normalized spacial score (nSPS) is 16.8. The van der Waals surface area contributed by atoms with Gasteiger partial charge in [0, 0.05) is 30.8 Å². The van der Waals surface area contributed by atoms with Crippen LogP contribution >= 0.6 is 0 Å². The molecule has 3 N–H and O–H groups in total. The monoisotopic (exact) mass is 540 g/mol. The first-order valence-corrected chi connectivity index (χ1v) is 12.9. The molecule has 1 aliphatic rings. The third-order valence-corrected chi connectivity index (χ3v) is 6.96. The van der Waals surface area contributed by atoms with Crippen LogP contribution in [0.15, 0.2) is 54.6 Å². The first-order chi connectivity index (χ1) is 18.4. The Bertz CT molecular complexity index is 1310. The predicted octanol–water partition coefficient (Wildman–Crippen LogP) is 4.19. The molecule has 8 nitrogen and oxygen atoms in total. The smallest absolute Gasteiger partial charge is 0.254 e. The molecule has 1 fully saturated rings. The number of aliphatic hydroxyl groups is 1. The van der Waals surface area contributed by atoms with Crippen LogP contribution in [0.3, 0.4) is 0 Å². The van der Waals surface area contributed by atoms with Gasteiger partial charge in [0.15, 0.2) is 6.10 Å². The van der Waals surface area contributed by atoms with Crippen molar-refractivity contribution in [3.63, 3.8) is 0 Å². The van der Waals surface area contributed by atoms with Crippen molar-refractivity contribution in [2.45, 2.75) is 63.6 Å². The SMILES string of the molecule is CC(NC(=O)C(O)c1cc(F)cc(F)c1)C(=O)Nc1cc(C2(c3ccccc3)CCOCC2)nn1C(C)(C)C. The molecule has 0 saturated carbocycles. The minimum atomic E-state index is -1.85. The standard InChI is InChI=1S/C29H34F2N4O4/c1-18(32-27(38)25(36)19-14-21(30)16-22(31)15-19)26(37)33-24-17-23(34-35(24)28(2,3)4)29(10-12-39-13-11-29)20-8-6-5-7-9-20/h5-9,14-18,25,36H,10-13H2,1-4H3,(H,32,38)(H,33,37). The number of hydrogen-bond donors (Lipinski definition) is 3. The molecule has 0 bridgehead atoms. The zero-order valence-corrected chi connectivity index (χ0v) is 22.5. The van der Waals surface area contributed by atoms with Gasteiger partial charge in [0.1, 0.15) is 23.5 Å². The zero-order chi connectivity index (χ0) is 28.4. The third-order valence-electron chi connectivity index (χ3n) is 6.96. The number of amides is 2. The van der Waals surface area contributed by atoms with Gasteiger partial charge in [-0.05, 0) is 63.8 Å². The maximum Gasteiger partial charge on any atom is 0.254 e. The lowest BCUT2D eigenvalue weighted by Crippen LogP contribution is -2.44. The van der Waals surface area contributed by atoms with Gasteiger partial charge >= 0.3 is 0 Å². The van der Waals surface area contributed by atoms with E-state index in [2.05, 4.69) is 22.8 Å². The van der Waals surface area contributed by atoms with Crippen molar-refractivity contribution in [1.29, 1.82) is 0 Å². The predicted molar refractivity (Wildman–Crippen MR) is 142 cm³/mol. The van der Waals surface area contributed by atoms with Crippen LogP contribution in [0.25, 0.3) is 0 Å². The summed E-state index contributed by atoms with van der Waals surface area (Å²) < 4.78 is 34.5. The summed E-state index contributed by atoms with van der Waals surface area (Å²) in [6, 6.07) is 13.3. The van der Waals surface area contributed by atoms with Crippen molar-refractivity contribution >= 4 is 17.6 Å². The molecule has 208 valence electrons. The Morgan fingerprint density at radius 3 is 2.23 bits per heavy atom. The highest BCUT2D eigenvalue weighted by molar-refractivity contribution is 5.97. The summed E-state index contributed by atoms with van der Waals surface area (Å²) in [4.78, 5) is 25.7. The lowest BCUT2D eigenvalue weighted by atomic mass is 9.72. The lowest BCUT2D eigenvalue weighted by Gasteiger charge is -2.36. The summed E-state index contributed by atoms with van der Waals surface area (Å²) in [5.74, 6) is -2.90. The number of aromatic nitrogens is 2. The van der Waals surface area contributed by atoms with Crippen LogP contribution in [0, 0.1) is 11.6 Å². The molecule has 4 rings (SSSR count). The first-order valence-electron chi connectivity index (χ1n) is 12.9. The maximum absolute atomic E-state index is 13.5. The second kappa shape index (κ2) is 11.2. The first kappa shape index (κ1) is 28.4. The number of nitrogens with zero attached hydrogens (tertiary/aromatic N) is 2. The van der Waals surface area contributed by atoms with E-state index >= 15 is 0 Å². The molecule has 10 heteroatoms. The van der Waals surface area contributed by atoms with Crippen LogP contribution in [0.4, 0.5) is 14.6 Å². The number of carbonyl (C=O) groups excluding carboxylic acids is 2. The fourth-order valence-electron chi connectivity index (χ4n) is 4.86. The topological polar surface area (TPSA) is 105 Å². The Hall–Kier alpha value is -3.63. The van der Waals surface area contributed by atoms with Crippen LogP contribution in [0.1, 0.15) is 63.5 Å². The number of halogens is 2. The van der Waals surface area contributed by atoms with Crippen LogP contribution in [0.2, 0.25) is 0 Å². The molecule has 2 heterocycles. The van der Waals surface area contributed by atoms with Crippen molar-refractivity contribution in [3.8, 4) is 0 Å². The summed E-state index contributed by atoms with van der Waals surface area (Å²) in [6.07, 6.45) is -0.385. The molecule has 2 amide bonds. The van der Waals surface area contributed by atoms with Crippen LogP contribution in [-0.2, 0) is 25.3 Å². The van der Waals surface area contributed by atoms with Gasteiger partial charge in [-0.15, -0.1) is 0 Å². The average molecular weight is 541 g/mol. The Balaban J connectivity index is 1.57. The van der Waals surface area contributed by atoms with Gasteiger partial charge in [0.25, 0.3) is 5.91 Å². The van der Waals surface area contributed by atoms with Crippen molar-refractivity contribution in [2.75, 3.05) is 18.5 Å². The van der Waals surface area contributed by atoms with Crippen LogP contribution < -0.4 is 10.6 Å². The zero-order valence-electron chi connectivity index (χ0n) is 22.5. The number of ether oxygens (including phenoxy) is 1. The highest BCUT2D eigenvalue weighted by atomic mass is 19.1. The molecule has 2 atom stereocenters. The van der Waals surface area contributed by atoms with Gasteiger partial charge in [-0.3, -0.25) is 9.59 Å². The van der Waals surface area contributed by atoms with Crippen molar-refractivity contribution in [3.05, 3.63) is 83.1 Å². The maximum atomic E-state index is 13.5. The molecule has 1 saturated heterocycles. The van der Waals surface area contributed by atoms with Gasteiger partial charge in [0.2, 0.25) is 5.91 Å². The van der Waals surface area contributed by atoms with Crippen molar-refractivity contribution < 1.29 is 28.2 Å². The fraction of sp³-hybridized carbons (Fsp3) is 0.414. The largest absolute Gasteiger partial charge is 0.381 e. The van der Waals surface area contributed by atoms with Gasteiger partial charge < -0.3 is 20.5 Å². The average Bonchev–Trinajstić information content (AvgIpc) is 3.33. The molecule has 2 aromatic carbocycles. The second-order valence-electron chi connectivity index (χ2n) is 10.9. The lowest BCUT2D eigenvalue weighted by molar-refractivity contribution is -0.132. The van der Waals surface area contributed by atoms with Crippen molar-refractivity contribution in [1.82, 2.24) is 15.1 Å². The summed E-state index contributed by atoms with van der Waals surface area (Å²) in [6.45, 7) is 8.53. The summed E-state index contributed by atoms with van der Waals surface area (Å²) in [5.41, 5.74) is 0.805. The van der Waals surface area contributed by atoms with Gasteiger partial charge in [-0.1, -0.05) is 30.3 Å². The molecular formula is C29H34F2N4O4. The molecule has 2 unspecified atom stereocenters. The summed E-state index contributed by atoms with van der Waals surface area (Å²) in [7, 11) is 0. The Labute approximate surface area is 226 Å². The molecule has 1 aliphatic heterocycles. The minimum Gasteiger partial charge on any atom is -0.381 e. The Kier molecular flexibility index (Phi) is 8.17. The van der Waals surface area contributed by atoms with E-state index in [1.807, 2.05) is 45.0 Å². The van der Waals surface area contributed by atoms with E-state index in [0.717, 1.165) is 36.2 Å². The fourth-order valence-corrected chi connectivity index (χ4v) is 4.86. The van der Waals surface area contributed by atoms with Gasteiger partial charge in [0.05, 0.1) is 11.2 Å². The van der Waals surface area contributed by atoms with Gasteiger partial charge in [-0.25, -0.2) is 13.5 Å². The number of benzene rings is 2. The molecule has 0 aliphatic carbocycles. The third kappa shape index (κ3) is 6.17. The van der Waals surface area contributed by atoms with E-state index in [1.54, 1.807) is 4.68 Å². The van der Waals surface area contributed by atoms with Gasteiger partial charge in [-0.2, -0.15) is 5.10 Å². The Morgan fingerprint density at radius 1 is 1.03 bits per heavy atom. The molecule has 0 radical (unpaired) electrons. The second-order valence-corrected chi connectivity index (χ2v) is 10.9. The van der Waals surface area contributed by atoms with E-state index in [4.69, 9.17) is 9.84 Å². The Morgan fingerprint density at radius 2 is 1.64 bits per heavy atom. The highest BCUT2D eigenvalue weighted by Gasteiger charge is 2.40. The molecule has 0 spiro atoms. The minimum absolute atomic E-state index is 0.254. The summed E-state index contributed by atoms with van der Waals surface area (Å²) >= 11 is 0. The number of carbonyl (C=O) groups is 2. The molecule has 3 aromatic rings. The van der Waals surface area contributed by atoms with Crippen molar-refractivity contribution in [2.24, 2.45) is 0 Å². The number of anilines is 1. The van der Waals surface area contributed by atoms with E-state index in [9.17, 15) is 23.5 Å². The van der Waals surface area contributed by atoms with E-state index in [0.29, 0.717) is 25.1 Å². The van der Waals surface area contributed by atoms with Crippen LogP contribution in [-0.4, -0.2) is 46.0 Å². The number of hydrogen-bond acceptors (Lipinski definition) is 5. The summed E-state index contributed by atoms with van der Waals surface area (Å²) in [5, 5.41) is 20.5. The number of nitrogens with one attached hydrogen (secondary N) is 2.